The molecule has 0 heterocycles. The van der Waals surface area contributed by atoms with Gasteiger partial charge in [-0.15, -0.1) is 0 Å². The number of rotatable bonds is 7. The summed E-state index contributed by atoms with van der Waals surface area (Å²) in [6.07, 6.45) is 0. The number of carbonyl (C=O) groups is 2. The van der Waals surface area contributed by atoms with Gasteiger partial charge in [0.1, 0.15) is 5.75 Å². The Morgan fingerprint density at radius 3 is 2.41 bits per heavy atom. The third kappa shape index (κ3) is 6.05. The highest BCUT2D eigenvalue weighted by atomic mass is 79.9. The molecule has 0 aliphatic carbocycles. The molecule has 0 radical (unpaired) electrons. The van der Waals surface area contributed by atoms with E-state index in [4.69, 9.17) is 9.88 Å². The van der Waals surface area contributed by atoms with Crippen molar-refractivity contribution >= 4 is 43.5 Å². The summed E-state index contributed by atoms with van der Waals surface area (Å²) in [4.78, 5) is 24.0. The van der Waals surface area contributed by atoms with Crippen LogP contribution in [0.4, 0.5) is 5.69 Å². The summed E-state index contributed by atoms with van der Waals surface area (Å²) >= 11 is 3.17. The largest absolute Gasteiger partial charge is 0.494 e. The Labute approximate surface area is 165 Å². The average Bonchev–Trinajstić information content (AvgIpc) is 2.61. The predicted octanol–water partition coefficient (Wildman–Crippen LogP) is 1.86. The van der Waals surface area contributed by atoms with Crippen LogP contribution < -0.4 is 20.5 Å². The highest BCUT2D eigenvalue weighted by molar-refractivity contribution is 9.10. The van der Waals surface area contributed by atoms with Gasteiger partial charge in [0.05, 0.1) is 23.6 Å². The third-order valence-corrected chi connectivity index (χ3v) is 4.97. The lowest BCUT2D eigenvalue weighted by molar-refractivity contribution is -0.115. The molecule has 0 bridgehead atoms. The molecule has 27 heavy (non-hydrogen) atoms. The summed E-state index contributed by atoms with van der Waals surface area (Å²) in [5, 5.41) is 10.1. The van der Waals surface area contributed by atoms with Crippen molar-refractivity contribution in [1.82, 2.24) is 5.32 Å². The summed E-state index contributed by atoms with van der Waals surface area (Å²) in [5.41, 5.74) is 0.602. The number of nitrogens with two attached hydrogens (primary N) is 1. The Balaban J connectivity index is 1.98. The van der Waals surface area contributed by atoms with Crippen LogP contribution in [0.25, 0.3) is 0 Å². The number of nitrogens with one attached hydrogen (secondary N) is 2. The van der Waals surface area contributed by atoms with Crippen LogP contribution in [-0.2, 0) is 14.8 Å². The van der Waals surface area contributed by atoms with Crippen molar-refractivity contribution in [2.24, 2.45) is 5.14 Å². The van der Waals surface area contributed by atoms with E-state index < -0.39 is 21.8 Å². The van der Waals surface area contributed by atoms with Crippen molar-refractivity contribution in [3.8, 4) is 5.75 Å². The lowest BCUT2D eigenvalue weighted by atomic mass is 10.2. The maximum Gasteiger partial charge on any atom is 0.252 e. The maximum absolute atomic E-state index is 12.2. The SMILES string of the molecule is CCOc1ccc(NC(=O)CNC(=O)c2cc(S(N)(=O)=O)ccc2Br)cc1. The van der Waals surface area contributed by atoms with Gasteiger partial charge in [0.2, 0.25) is 15.9 Å². The second-order valence-electron chi connectivity index (χ2n) is 5.37. The van der Waals surface area contributed by atoms with Gasteiger partial charge in [-0.3, -0.25) is 9.59 Å². The van der Waals surface area contributed by atoms with Crippen molar-refractivity contribution in [3.05, 3.63) is 52.5 Å². The molecule has 0 aliphatic heterocycles. The van der Waals surface area contributed by atoms with Gasteiger partial charge in [0, 0.05) is 10.2 Å². The first-order chi connectivity index (χ1) is 12.7. The van der Waals surface area contributed by atoms with Gasteiger partial charge in [-0.1, -0.05) is 0 Å². The number of sulfonamides is 1. The van der Waals surface area contributed by atoms with Gasteiger partial charge in [-0.05, 0) is 65.3 Å². The Morgan fingerprint density at radius 1 is 1.15 bits per heavy atom. The van der Waals surface area contributed by atoms with Crippen LogP contribution in [0.2, 0.25) is 0 Å². The quantitative estimate of drug-likeness (QED) is 0.586. The van der Waals surface area contributed by atoms with E-state index in [-0.39, 0.29) is 17.0 Å². The van der Waals surface area contributed by atoms with Gasteiger partial charge in [-0.25, -0.2) is 13.6 Å². The number of hydrogen-bond acceptors (Lipinski definition) is 5. The third-order valence-electron chi connectivity index (χ3n) is 3.37. The molecule has 2 aromatic carbocycles. The van der Waals surface area contributed by atoms with Crippen molar-refractivity contribution in [2.75, 3.05) is 18.5 Å². The number of primary sulfonamides is 1. The Bertz CT molecular complexity index is 946. The number of carbonyl (C=O) groups excluding carboxylic acids is 2. The fraction of sp³-hybridized carbons (Fsp3) is 0.176. The molecular weight excluding hydrogens is 438 g/mol. The highest BCUT2D eigenvalue weighted by Gasteiger charge is 2.16. The van der Waals surface area contributed by atoms with Crippen LogP contribution >= 0.6 is 15.9 Å². The standard InChI is InChI=1S/C17H18BrN3O5S/c1-2-26-12-5-3-11(4-6-12)21-16(22)10-20-17(23)14-9-13(27(19,24)25)7-8-15(14)18/h3-9H,2,10H2,1H3,(H,20,23)(H,21,22)(H2,19,24,25). The van der Waals surface area contributed by atoms with Crippen molar-refractivity contribution in [3.63, 3.8) is 0 Å². The van der Waals surface area contributed by atoms with Crippen molar-refractivity contribution in [1.29, 1.82) is 0 Å². The van der Waals surface area contributed by atoms with E-state index in [1.165, 1.54) is 12.1 Å². The van der Waals surface area contributed by atoms with Crippen LogP contribution in [0.15, 0.2) is 51.8 Å². The van der Waals surface area contributed by atoms with Crippen LogP contribution in [0, 0.1) is 0 Å². The molecule has 10 heteroatoms. The number of ether oxygens (including phenoxy) is 1. The molecule has 0 atom stereocenters. The Hall–Kier alpha value is -2.43. The lowest BCUT2D eigenvalue weighted by Gasteiger charge is -2.10. The van der Waals surface area contributed by atoms with E-state index in [1.807, 2.05) is 6.92 Å². The first kappa shape index (κ1) is 20.9. The van der Waals surface area contributed by atoms with Gasteiger partial charge < -0.3 is 15.4 Å². The van der Waals surface area contributed by atoms with E-state index >= 15 is 0 Å². The van der Waals surface area contributed by atoms with Crippen molar-refractivity contribution in [2.45, 2.75) is 11.8 Å². The minimum Gasteiger partial charge on any atom is -0.494 e. The maximum atomic E-state index is 12.2. The normalized spacial score (nSPS) is 10.9. The van der Waals surface area contributed by atoms with Gasteiger partial charge in [0.25, 0.3) is 5.91 Å². The zero-order chi connectivity index (χ0) is 20.0. The summed E-state index contributed by atoms with van der Waals surface area (Å²) in [6, 6.07) is 10.6. The van der Waals surface area contributed by atoms with Crippen LogP contribution in [0.1, 0.15) is 17.3 Å². The van der Waals surface area contributed by atoms with E-state index in [0.717, 1.165) is 6.07 Å². The Kier molecular flexibility index (Phi) is 6.94. The van der Waals surface area contributed by atoms with Crippen molar-refractivity contribution < 1.29 is 22.7 Å². The minimum absolute atomic E-state index is 0.0513. The fourth-order valence-corrected chi connectivity index (χ4v) is 3.08. The second-order valence-corrected chi connectivity index (χ2v) is 7.79. The predicted molar refractivity (Wildman–Crippen MR) is 104 cm³/mol. The molecule has 0 spiro atoms. The molecule has 4 N–H and O–H groups in total. The molecule has 0 fully saturated rings. The van der Waals surface area contributed by atoms with Crippen LogP contribution in [-0.4, -0.2) is 33.4 Å². The van der Waals surface area contributed by atoms with Crippen LogP contribution in [0.3, 0.4) is 0 Å². The average molecular weight is 456 g/mol. The summed E-state index contributed by atoms with van der Waals surface area (Å²) < 4.78 is 28.5. The number of anilines is 1. The zero-order valence-electron chi connectivity index (χ0n) is 14.4. The number of hydrogen-bond donors (Lipinski definition) is 3. The summed E-state index contributed by atoms with van der Waals surface area (Å²) in [5.74, 6) is -0.371. The molecular formula is C17H18BrN3O5S. The van der Waals surface area contributed by atoms with E-state index in [9.17, 15) is 18.0 Å². The number of benzene rings is 2. The fourth-order valence-electron chi connectivity index (χ4n) is 2.12. The molecule has 0 saturated heterocycles. The Morgan fingerprint density at radius 2 is 1.81 bits per heavy atom. The van der Waals surface area contributed by atoms with E-state index in [2.05, 4.69) is 26.6 Å². The summed E-state index contributed by atoms with van der Waals surface area (Å²) in [7, 11) is -3.95. The van der Waals surface area contributed by atoms with Crippen LogP contribution in [0.5, 0.6) is 5.75 Å². The highest BCUT2D eigenvalue weighted by Crippen LogP contribution is 2.20. The zero-order valence-corrected chi connectivity index (χ0v) is 16.8. The molecule has 2 rings (SSSR count). The monoisotopic (exact) mass is 455 g/mol. The number of amides is 2. The summed E-state index contributed by atoms with van der Waals surface area (Å²) in [6.45, 7) is 2.12. The molecule has 2 aromatic rings. The van der Waals surface area contributed by atoms with Gasteiger partial charge in [0.15, 0.2) is 0 Å². The van der Waals surface area contributed by atoms with E-state index in [0.29, 0.717) is 22.5 Å². The lowest BCUT2D eigenvalue weighted by Crippen LogP contribution is -2.33. The second kappa shape index (κ2) is 8.98. The van der Waals surface area contributed by atoms with Gasteiger partial charge in [-0.2, -0.15) is 0 Å². The first-order valence-electron chi connectivity index (χ1n) is 7.84. The molecule has 0 unspecified atom stereocenters. The molecule has 2 amide bonds. The molecule has 0 aromatic heterocycles. The van der Waals surface area contributed by atoms with E-state index in [1.54, 1.807) is 24.3 Å². The molecule has 8 nitrogen and oxygen atoms in total. The molecule has 0 saturated carbocycles. The van der Waals surface area contributed by atoms with Gasteiger partial charge >= 0.3 is 0 Å². The number of halogens is 1. The molecule has 0 aliphatic rings. The topological polar surface area (TPSA) is 128 Å². The first-order valence-corrected chi connectivity index (χ1v) is 10.2. The minimum atomic E-state index is -3.95. The molecule has 144 valence electrons. The smallest absolute Gasteiger partial charge is 0.252 e.